The Kier molecular flexibility index (Phi) is 4.94. The Balaban J connectivity index is 1.55. The van der Waals surface area contributed by atoms with E-state index >= 15 is 0 Å². The normalized spacial score (nSPS) is 15.7. The molecule has 23 heavy (non-hydrogen) atoms. The van der Waals surface area contributed by atoms with Gasteiger partial charge in [-0.3, -0.25) is 9.69 Å². The lowest BCUT2D eigenvalue weighted by molar-refractivity contribution is 0.0628. The second-order valence-corrected chi connectivity index (χ2v) is 6.14. The van der Waals surface area contributed by atoms with E-state index in [1.807, 2.05) is 4.90 Å². The van der Waals surface area contributed by atoms with Gasteiger partial charge in [0.25, 0.3) is 5.91 Å². The molecule has 5 heteroatoms. The first-order valence-electron chi connectivity index (χ1n) is 7.63. The van der Waals surface area contributed by atoms with Crippen molar-refractivity contribution in [1.82, 2.24) is 9.80 Å². The molecule has 0 radical (unpaired) electrons. The molecule has 1 amide bonds. The molecule has 2 aromatic rings. The predicted molar refractivity (Wildman–Crippen MR) is 89.0 cm³/mol. The Hall–Kier alpha value is -1.91. The zero-order valence-electron chi connectivity index (χ0n) is 12.7. The number of carbonyl (C=O) groups excluding carboxylic acids is 1. The van der Waals surface area contributed by atoms with Gasteiger partial charge in [0.15, 0.2) is 0 Å². The molecule has 120 valence electrons. The summed E-state index contributed by atoms with van der Waals surface area (Å²) < 4.78 is 12.9. The van der Waals surface area contributed by atoms with Crippen LogP contribution in [-0.4, -0.2) is 41.9 Å². The van der Waals surface area contributed by atoms with Crippen molar-refractivity contribution >= 4 is 17.5 Å². The van der Waals surface area contributed by atoms with Crippen molar-refractivity contribution < 1.29 is 9.18 Å². The Bertz CT molecular complexity index is 682. The molecule has 0 aromatic heterocycles. The predicted octanol–water partition coefficient (Wildman–Crippen LogP) is 3.44. The van der Waals surface area contributed by atoms with Crippen LogP contribution in [0, 0.1) is 5.82 Å². The van der Waals surface area contributed by atoms with Gasteiger partial charge in [-0.25, -0.2) is 4.39 Å². The second kappa shape index (κ2) is 7.11. The van der Waals surface area contributed by atoms with Crippen molar-refractivity contribution in [2.45, 2.75) is 6.54 Å². The van der Waals surface area contributed by atoms with Gasteiger partial charge in [-0.05, 0) is 35.9 Å². The fourth-order valence-corrected chi connectivity index (χ4v) is 2.95. The molecule has 0 saturated carbocycles. The number of amides is 1. The summed E-state index contributed by atoms with van der Waals surface area (Å²) in [4.78, 5) is 16.6. The largest absolute Gasteiger partial charge is 0.336 e. The highest BCUT2D eigenvalue weighted by Gasteiger charge is 2.22. The summed E-state index contributed by atoms with van der Waals surface area (Å²) in [6, 6.07) is 13.6. The molecular weight excluding hydrogens is 315 g/mol. The molecule has 0 aliphatic carbocycles. The quantitative estimate of drug-likeness (QED) is 0.859. The second-order valence-electron chi connectivity index (χ2n) is 5.71. The Morgan fingerprint density at radius 1 is 1.04 bits per heavy atom. The zero-order valence-corrected chi connectivity index (χ0v) is 13.5. The van der Waals surface area contributed by atoms with E-state index in [1.165, 1.54) is 12.1 Å². The number of benzene rings is 2. The summed E-state index contributed by atoms with van der Waals surface area (Å²) in [6.45, 7) is 3.77. The fraction of sp³-hybridized carbons (Fsp3) is 0.278. The van der Waals surface area contributed by atoms with Gasteiger partial charge in [-0.1, -0.05) is 29.8 Å². The third-order valence-electron chi connectivity index (χ3n) is 4.05. The molecule has 3 rings (SSSR count). The summed E-state index contributed by atoms with van der Waals surface area (Å²) in [7, 11) is 0. The molecule has 1 aliphatic heterocycles. The number of carbonyl (C=O) groups is 1. The van der Waals surface area contributed by atoms with E-state index in [4.69, 9.17) is 11.6 Å². The van der Waals surface area contributed by atoms with Crippen molar-refractivity contribution in [3.63, 3.8) is 0 Å². The highest BCUT2D eigenvalue weighted by atomic mass is 35.5. The molecule has 1 heterocycles. The molecule has 1 aliphatic rings. The minimum absolute atomic E-state index is 0.0222. The van der Waals surface area contributed by atoms with Crippen molar-refractivity contribution in [1.29, 1.82) is 0 Å². The first-order chi connectivity index (χ1) is 11.1. The van der Waals surface area contributed by atoms with Gasteiger partial charge in [0.05, 0.1) is 0 Å². The molecule has 2 aromatic carbocycles. The maximum Gasteiger partial charge on any atom is 0.253 e. The molecular formula is C18H18ClFN2O. The average Bonchev–Trinajstić information content (AvgIpc) is 2.57. The monoisotopic (exact) mass is 332 g/mol. The van der Waals surface area contributed by atoms with E-state index in [2.05, 4.69) is 4.90 Å². The Morgan fingerprint density at radius 2 is 1.74 bits per heavy atom. The molecule has 0 N–H and O–H groups in total. The Labute approximate surface area is 140 Å². The average molecular weight is 333 g/mol. The van der Waals surface area contributed by atoms with Gasteiger partial charge in [0, 0.05) is 43.3 Å². The standard InChI is InChI=1S/C18H18ClFN2O/c19-16-3-1-2-15(12-16)18(23)22-10-8-21(9-11-22)13-14-4-6-17(20)7-5-14/h1-7,12H,8-11,13H2. The summed E-state index contributed by atoms with van der Waals surface area (Å²) in [5.74, 6) is -0.195. The molecule has 1 fully saturated rings. The van der Waals surface area contributed by atoms with Crippen molar-refractivity contribution in [3.05, 3.63) is 70.5 Å². The lowest BCUT2D eigenvalue weighted by Gasteiger charge is -2.34. The minimum atomic E-state index is -0.217. The lowest BCUT2D eigenvalue weighted by atomic mass is 10.1. The van der Waals surface area contributed by atoms with Gasteiger partial charge in [0.1, 0.15) is 5.82 Å². The Morgan fingerprint density at radius 3 is 2.39 bits per heavy atom. The van der Waals surface area contributed by atoms with Crippen LogP contribution in [0.1, 0.15) is 15.9 Å². The maximum atomic E-state index is 12.9. The van der Waals surface area contributed by atoms with Crippen LogP contribution >= 0.6 is 11.6 Å². The van der Waals surface area contributed by atoms with Crippen LogP contribution in [0.3, 0.4) is 0 Å². The minimum Gasteiger partial charge on any atom is -0.336 e. The highest BCUT2D eigenvalue weighted by Crippen LogP contribution is 2.15. The number of rotatable bonds is 3. The van der Waals surface area contributed by atoms with E-state index in [-0.39, 0.29) is 11.7 Å². The SMILES string of the molecule is O=C(c1cccc(Cl)c1)N1CCN(Cc2ccc(F)cc2)CC1. The lowest BCUT2D eigenvalue weighted by Crippen LogP contribution is -2.48. The fourth-order valence-electron chi connectivity index (χ4n) is 2.76. The van der Waals surface area contributed by atoms with E-state index in [0.29, 0.717) is 23.7 Å². The van der Waals surface area contributed by atoms with Crippen molar-refractivity contribution in [2.75, 3.05) is 26.2 Å². The van der Waals surface area contributed by atoms with Gasteiger partial charge >= 0.3 is 0 Å². The van der Waals surface area contributed by atoms with Crippen LogP contribution in [0.4, 0.5) is 4.39 Å². The van der Waals surface area contributed by atoms with Crippen LogP contribution in [0.25, 0.3) is 0 Å². The van der Waals surface area contributed by atoms with Crippen LogP contribution in [0.2, 0.25) is 5.02 Å². The summed E-state index contributed by atoms with van der Waals surface area (Å²) in [5, 5.41) is 0.575. The van der Waals surface area contributed by atoms with Gasteiger partial charge in [-0.15, -0.1) is 0 Å². The van der Waals surface area contributed by atoms with Gasteiger partial charge in [-0.2, -0.15) is 0 Å². The summed E-state index contributed by atoms with van der Waals surface area (Å²) in [6.07, 6.45) is 0. The molecule has 0 bridgehead atoms. The molecule has 0 unspecified atom stereocenters. The molecule has 3 nitrogen and oxygen atoms in total. The number of halogens is 2. The topological polar surface area (TPSA) is 23.6 Å². The van der Waals surface area contributed by atoms with E-state index in [9.17, 15) is 9.18 Å². The molecule has 0 spiro atoms. The summed E-state index contributed by atoms with van der Waals surface area (Å²) >= 11 is 5.95. The van der Waals surface area contributed by atoms with Gasteiger partial charge in [0.2, 0.25) is 0 Å². The molecule has 0 atom stereocenters. The van der Waals surface area contributed by atoms with E-state index in [1.54, 1.807) is 36.4 Å². The van der Waals surface area contributed by atoms with Crippen LogP contribution < -0.4 is 0 Å². The summed E-state index contributed by atoms with van der Waals surface area (Å²) in [5.41, 5.74) is 1.71. The number of nitrogens with zero attached hydrogens (tertiary/aromatic N) is 2. The number of hydrogen-bond donors (Lipinski definition) is 0. The van der Waals surface area contributed by atoms with E-state index in [0.717, 1.165) is 25.2 Å². The number of hydrogen-bond acceptors (Lipinski definition) is 2. The van der Waals surface area contributed by atoms with Crippen LogP contribution in [-0.2, 0) is 6.54 Å². The van der Waals surface area contributed by atoms with Gasteiger partial charge < -0.3 is 4.90 Å². The third-order valence-corrected chi connectivity index (χ3v) is 4.29. The first-order valence-corrected chi connectivity index (χ1v) is 8.01. The number of piperazine rings is 1. The van der Waals surface area contributed by atoms with Crippen molar-refractivity contribution in [2.24, 2.45) is 0 Å². The molecule has 1 saturated heterocycles. The van der Waals surface area contributed by atoms with Crippen LogP contribution in [0.15, 0.2) is 48.5 Å². The maximum absolute atomic E-state index is 12.9. The zero-order chi connectivity index (χ0) is 16.2. The first kappa shape index (κ1) is 16.0. The van der Waals surface area contributed by atoms with E-state index < -0.39 is 0 Å². The highest BCUT2D eigenvalue weighted by molar-refractivity contribution is 6.30. The van der Waals surface area contributed by atoms with Crippen molar-refractivity contribution in [3.8, 4) is 0 Å². The van der Waals surface area contributed by atoms with Crippen LogP contribution in [0.5, 0.6) is 0 Å². The smallest absolute Gasteiger partial charge is 0.253 e. The third kappa shape index (κ3) is 4.09.